The lowest BCUT2D eigenvalue weighted by Crippen LogP contribution is -2.30. The SMILES string of the molecule is CCCCCCCCCCC(O)C(O)COCCCCCC. The first kappa shape index (κ1) is 21.9. The van der Waals surface area contributed by atoms with Crippen molar-refractivity contribution in [3.8, 4) is 0 Å². The molecular formula is C19H40O3. The van der Waals surface area contributed by atoms with Gasteiger partial charge in [0.05, 0.1) is 12.7 Å². The summed E-state index contributed by atoms with van der Waals surface area (Å²) in [5, 5.41) is 19.7. The second-order valence-electron chi connectivity index (χ2n) is 6.53. The van der Waals surface area contributed by atoms with Crippen LogP contribution in [0.15, 0.2) is 0 Å². The van der Waals surface area contributed by atoms with Gasteiger partial charge in [-0.25, -0.2) is 0 Å². The zero-order valence-corrected chi connectivity index (χ0v) is 15.1. The third-order valence-corrected chi connectivity index (χ3v) is 4.23. The first-order chi connectivity index (χ1) is 10.7. The smallest absolute Gasteiger partial charge is 0.103 e. The lowest BCUT2D eigenvalue weighted by atomic mass is 10.0. The van der Waals surface area contributed by atoms with Crippen molar-refractivity contribution in [3.63, 3.8) is 0 Å². The molecule has 3 nitrogen and oxygen atoms in total. The molecule has 0 saturated heterocycles. The van der Waals surface area contributed by atoms with Crippen LogP contribution in [-0.4, -0.2) is 35.6 Å². The Kier molecular flexibility index (Phi) is 17.1. The molecule has 0 heterocycles. The van der Waals surface area contributed by atoms with E-state index in [9.17, 15) is 10.2 Å². The highest BCUT2D eigenvalue weighted by Crippen LogP contribution is 2.12. The fourth-order valence-electron chi connectivity index (χ4n) is 2.63. The van der Waals surface area contributed by atoms with Gasteiger partial charge in [-0.05, 0) is 12.8 Å². The van der Waals surface area contributed by atoms with Gasteiger partial charge in [-0.1, -0.05) is 84.5 Å². The Hall–Kier alpha value is -0.120. The van der Waals surface area contributed by atoms with Crippen molar-refractivity contribution in [2.75, 3.05) is 13.2 Å². The average Bonchev–Trinajstić information content (AvgIpc) is 2.52. The van der Waals surface area contributed by atoms with E-state index in [1.54, 1.807) is 0 Å². The molecule has 0 aromatic heterocycles. The van der Waals surface area contributed by atoms with Crippen LogP contribution in [0.4, 0.5) is 0 Å². The largest absolute Gasteiger partial charge is 0.390 e. The molecule has 0 aliphatic heterocycles. The summed E-state index contributed by atoms with van der Waals surface area (Å²) in [6, 6.07) is 0. The summed E-state index contributed by atoms with van der Waals surface area (Å²) in [5.74, 6) is 0. The van der Waals surface area contributed by atoms with Crippen molar-refractivity contribution >= 4 is 0 Å². The first-order valence-corrected chi connectivity index (χ1v) is 9.66. The van der Waals surface area contributed by atoms with Crippen LogP contribution in [0.1, 0.15) is 97.3 Å². The van der Waals surface area contributed by atoms with Crippen molar-refractivity contribution < 1.29 is 14.9 Å². The minimum absolute atomic E-state index is 0.268. The molecule has 0 rings (SSSR count). The average molecular weight is 317 g/mol. The van der Waals surface area contributed by atoms with E-state index >= 15 is 0 Å². The summed E-state index contributed by atoms with van der Waals surface area (Å²) in [5.41, 5.74) is 0. The minimum Gasteiger partial charge on any atom is -0.390 e. The highest BCUT2D eigenvalue weighted by atomic mass is 16.5. The molecule has 0 fully saturated rings. The Morgan fingerprint density at radius 3 is 1.73 bits per heavy atom. The van der Waals surface area contributed by atoms with Crippen LogP contribution in [0.2, 0.25) is 0 Å². The second-order valence-corrected chi connectivity index (χ2v) is 6.53. The fourth-order valence-corrected chi connectivity index (χ4v) is 2.63. The summed E-state index contributed by atoms with van der Waals surface area (Å²) in [6.45, 7) is 5.39. The standard InChI is InChI=1S/C19H40O3/c1-3-5-7-9-10-11-12-13-15-18(20)19(21)17-22-16-14-8-6-4-2/h18-21H,3-17H2,1-2H3. The maximum Gasteiger partial charge on any atom is 0.103 e. The van der Waals surface area contributed by atoms with E-state index in [0.29, 0.717) is 13.0 Å². The molecule has 2 unspecified atom stereocenters. The molecule has 0 aliphatic rings. The van der Waals surface area contributed by atoms with Crippen LogP contribution in [-0.2, 0) is 4.74 Å². The highest BCUT2D eigenvalue weighted by molar-refractivity contribution is 4.66. The number of rotatable bonds is 17. The lowest BCUT2D eigenvalue weighted by Gasteiger charge is -2.17. The zero-order valence-electron chi connectivity index (χ0n) is 15.1. The number of unbranched alkanes of at least 4 members (excludes halogenated alkanes) is 10. The normalized spacial score (nSPS) is 14.2. The molecule has 3 heteroatoms. The molecule has 22 heavy (non-hydrogen) atoms. The van der Waals surface area contributed by atoms with Crippen LogP contribution in [0, 0.1) is 0 Å². The summed E-state index contributed by atoms with van der Waals surface area (Å²) in [4.78, 5) is 0. The van der Waals surface area contributed by atoms with Gasteiger partial charge in [0.1, 0.15) is 6.10 Å². The van der Waals surface area contributed by atoms with Gasteiger partial charge in [0.2, 0.25) is 0 Å². The quantitative estimate of drug-likeness (QED) is 0.378. The molecule has 0 aliphatic carbocycles. The molecule has 0 bridgehead atoms. The van der Waals surface area contributed by atoms with E-state index in [4.69, 9.17) is 4.74 Å². The Labute approximate surface area is 138 Å². The van der Waals surface area contributed by atoms with Crippen LogP contribution < -0.4 is 0 Å². The third-order valence-electron chi connectivity index (χ3n) is 4.23. The fraction of sp³-hybridized carbons (Fsp3) is 1.00. The Morgan fingerprint density at radius 2 is 1.14 bits per heavy atom. The molecular weight excluding hydrogens is 276 g/mol. The number of aliphatic hydroxyl groups excluding tert-OH is 2. The number of hydrogen-bond donors (Lipinski definition) is 2. The zero-order chi connectivity index (χ0) is 16.5. The van der Waals surface area contributed by atoms with E-state index in [2.05, 4.69) is 13.8 Å². The molecule has 0 radical (unpaired) electrons. The summed E-state index contributed by atoms with van der Waals surface area (Å²) < 4.78 is 5.44. The number of aliphatic hydroxyl groups is 2. The summed E-state index contributed by atoms with van der Waals surface area (Å²) in [7, 11) is 0. The molecule has 0 aromatic carbocycles. The predicted molar refractivity (Wildman–Crippen MR) is 94.2 cm³/mol. The van der Waals surface area contributed by atoms with Gasteiger partial charge in [-0.2, -0.15) is 0 Å². The Morgan fingerprint density at radius 1 is 0.636 bits per heavy atom. The van der Waals surface area contributed by atoms with Gasteiger partial charge in [0.25, 0.3) is 0 Å². The monoisotopic (exact) mass is 316 g/mol. The maximum absolute atomic E-state index is 9.90. The van der Waals surface area contributed by atoms with E-state index in [0.717, 1.165) is 19.3 Å². The summed E-state index contributed by atoms with van der Waals surface area (Å²) >= 11 is 0. The van der Waals surface area contributed by atoms with Gasteiger partial charge < -0.3 is 14.9 Å². The molecule has 0 saturated carbocycles. The Bertz CT molecular complexity index is 209. The second kappa shape index (κ2) is 17.2. The van der Waals surface area contributed by atoms with E-state index < -0.39 is 12.2 Å². The van der Waals surface area contributed by atoms with Crippen LogP contribution in [0.3, 0.4) is 0 Å². The maximum atomic E-state index is 9.90. The molecule has 2 atom stereocenters. The number of hydrogen-bond acceptors (Lipinski definition) is 3. The third kappa shape index (κ3) is 14.8. The minimum atomic E-state index is -0.726. The Balaban J connectivity index is 3.33. The summed E-state index contributed by atoms with van der Waals surface area (Å²) in [6.07, 6.45) is 14.1. The van der Waals surface area contributed by atoms with Crippen LogP contribution >= 0.6 is 0 Å². The molecule has 134 valence electrons. The van der Waals surface area contributed by atoms with Gasteiger partial charge in [0, 0.05) is 6.61 Å². The van der Waals surface area contributed by atoms with Crippen LogP contribution in [0.25, 0.3) is 0 Å². The molecule has 0 aromatic rings. The molecule has 0 spiro atoms. The van der Waals surface area contributed by atoms with Gasteiger partial charge in [-0.15, -0.1) is 0 Å². The van der Waals surface area contributed by atoms with E-state index in [1.807, 2.05) is 0 Å². The molecule has 0 amide bonds. The van der Waals surface area contributed by atoms with Crippen LogP contribution in [0.5, 0.6) is 0 Å². The van der Waals surface area contributed by atoms with Gasteiger partial charge in [0.15, 0.2) is 0 Å². The van der Waals surface area contributed by atoms with Crippen molar-refractivity contribution in [1.82, 2.24) is 0 Å². The first-order valence-electron chi connectivity index (χ1n) is 9.66. The number of ether oxygens (including phenoxy) is 1. The molecule has 2 N–H and O–H groups in total. The lowest BCUT2D eigenvalue weighted by molar-refractivity contribution is -0.0418. The van der Waals surface area contributed by atoms with Crippen molar-refractivity contribution in [2.45, 2.75) is 110 Å². The van der Waals surface area contributed by atoms with Gasteiger partial charge >= 0.3 is 0 Å². The van der Waals surface area contributed by atoms with Crippen molar-refractivity contribution in [1.29, 1.82) is 0 Å². The highest BCUT2D eigenvalue weighted by Gasteiger charge is 2.15. The van der Waals surface area contributed by atoms with Gasteiger partial charge in [-0.3, -0.25) is 0 Å². The van der Waals surface area contributed by atoms with E-state index in [1.165, 1.54) is 57.8 Å². The van der Waals surface area contributed by atoms with Crippen molar-refractivity contribution in [3.05, 3.63) is 0 Å². The predicted octanol–water partition coefficient (Wildman–Crippen LogP) is 4.84. The van der Waals surface area contributed by atoms with Crippen molar-refractivity contribution in [2.24, 2.45) is 0 Å². The topological polar surface area (TPSA) is 49.7 Å². The van der Waals surface area contributed by atoms with E-state index in [-0.39, 0.29) is 6.61 Å².